The minimum atomic E-state index is -0.230. The van der Waals surface area contributed by atoms with Crippen LogP contribution in [-0.4, -0.2) is 18.4 Å². The van der Waals surface area contributed by atoms with Gasteiger partial charge in [-0.1, -0.05) is 17.7 Å². The molecule has 5 heteroatoms. The zero-order chi connectivity index (χ0) is 17.4. The van der Waals surface area contributed by atoms with E-state index in [9.17, 15) is 9.59 Å². The first kappa shape index (κ1) is 16.4. The SMILES string of the molecule is Cc1ccc(NCC(=O)NNC(=O)C23CC4CC(CC(C4)C2)C3)cc1. The van der Waals surface area contributed by atoms with Crippen molar-refractivity contribution < 1.29 is 9.59 Å². The fourth-order valence-electron chi connectivity index (χ4n) is 5.55. The van der Waals surface area contributed by atoms with Gasteiger partial charge in [-0.2, -0.15) is 0 Å². The molecule has 4 fully saturated rings. The minimum Gasteiger partial charge on any atom is -0.376 e. The van der Waals surface area contributed by atoms with Crippen molar-refractivity contribution in [2.24, 2.45) is 23.2 Å². The predicted molar refractivity (Wildman–Crippen MR) is 96.6 cm³/mol. The fourth-order valence-corrected chi connectivity index (χ4v) is 5.55. The molecule has 1 aromatic rings. The Kier molecular flexibility index (Phi) is 4.18. The molecule has 0 aromatic heterocycles. The van der Waals surface area contributed by atoms with Crippen LogP contribution in [0.25, 0.3) is 0 Å². The highest BCUT2D eigenvalue weighted by Crippen LogP contribution is 2.59. The molecule has 3 N–H and O–H groups in total. The van der Waals surface area contributed by atoms with E-state index in [0.717, 1.165) is 42.7 Å². The molecule has 0 atom stereocenters. The molecule has 0 heterocycles. The standard InChI is InChI=1S/C20H27N3O2/c1-13-2-4-17(5-3-13)21-12-18(24)22-23-19(25)20-9-14-6-15(10-20)8-16(7-14)11-20/h2-5,14-16,21H,6-12H2,1H3,(H,22,24)(H,23,25). The monoisotopic (exact) mass is 341 g/mol. The molecule has 134 valence electrons. The molecular formula is C20H27N3O2. The summed E-state index contributed by atoms with van der Waals surface area (Å²) in [5.41, 5.74) is 7.14. The van der Waals surface area contributed by atoms with Crippen molar-refractivity contribution in [3.63, 3.8) is 0 Å². The van der Waals surface area contributed by atoms with Crippen LogP contribution in [0.2, 0.25) is 0 Å². The summed E-state index contributed by atoms with van der Waals surface area (Å²) in [6, 6.07) is 7.87. The van der Waals surface area contributed by atoms with Crippen molar-refractivity contribution in [2.45, 2.75) is 45.4 Å². The summed E-state index contributed by atoms with van der Waals surface area (Å²) in [5.74, 6) is 1.96. The van der Waals surface area contributed by atoms with Gasteiger partial charge >= 0.3 is 0 Å². The van der Waals surface area contributed by atoms with Crippen molar-refractivity contribution in [3.8, 4) is 0 Å². The van der Waals surface area contributed by atoms with Gasteiger partial charge in [0.25, 0.3) is 5.91 Å². The van der Waals surface area contributed by atoms with Crippen LogP contribution in [-0.2, 0) is 9.59 Å². The van der Waals surface area contributed by atoms with Crippen molar-refractivity contribution >= 4 is 17.5 Å². The van der Waals surface area contributed by atoms with Gasteiger partial charge in [-0.25, -0.2) is 0 Å². The molecule has 5 rings (SSSR count). The highest BCUT2D eigenvalue weighted by molar-refractivity contribution is 5.87. The topological polar surface area (TPSA) is 70.2 Å². The maximum Gasteiger partial charge on any atom is 0.257 e. The third-order valence-corrected chi connectivity index (χ3v) is 6.34. The summed E-state index contributed by atoms with van der Waals surface area (Å²) >= 11 is 0. The van der Waals surface area contributed by atoms with E-state index < -0.39 is 0 Å². The van der Waals surface area contributed by atoms with Crippen LogP contribution < -0.4 is 16.2 Å². The van der Waals surface area contributed by atoms with Crippen LogP contribution in [0.4, 0.5) is 5.69 Å². The van der Waals surface area contributed by atoms with Crippen LogP contribution in [0, 0.1) is 30.1 Å². The largest absolute Gasteiger partial charge is 0.376 e. The molecular weight excluding hydrogens is 314 g/mol. The van der Waals surface area contributed by atoms with Gasteiger partial charge < -0.3 is 5.32 Å². The molecule has 5 nitrogen and oxygen atoms in total. The van der Waals surface area contributed by atoms with Gasteiger partial charge in [-0.3, -0.25) is 20.4 Å². The zero-order valence-electron chi connectivity index (χ0n) is 14.8. The number of hydrazine groups is 1. The Morgan fingerprint density at radius 1 is 0.960 bits per heavy atom. The molecule has 1 aromatic carbocycles. The second-order valence-corrected chi connectivity index (χ2v) is 8.42. The Balaban J connectivity index is 1.27. The molecule has 4 bridgehead atoms. The molecule has 4 saturated carbocycles. The molecule has 4 aliphatic rings. The summed E-state index contributed by atoms with van der Waals surface area (Å²) in [7, 11) is 0. The number of rotatable bonds is 4. The van der Waals surface area contributed by atoms with Crippen LogP contribution in [0.3, 0.4) is 0 Å². The van der Waals surface area contributed by atoms with E-state index in [1.165, 1.54) is 24.8 Å². The Labute approximate surface area is 148 Å². The quantitative estimate of drug-likeness (QED) is 0.738. The molecule has 0 unspecified atom stereocenters. The summed E-state index contributed by atoms with van der Waals surface area (Å²) in [6.07, 6.45) is 6.92. The van der Waals surface area contributed by atoms with E-state index in [2.05, 4.69) is 16.2 Å². The third kappa shape index (κ3) is 3.37. The van der Waals surface area contributed by atoms with E-state index in [1.54, 1.807) is 0 Å². The number of carbonyl (C=O) groups is 2. The lowest BCUT2D eigenvalue weighted by molar-refractivity contribution is -0.148. The zero-order valence-corrected chi connectivity index (χ0v) is 14.8. The number of hydrogen-bond acceptors (Lipinski definition) is 3. The number of hydrogen-bond donors (Lipinski definition) is 3. The smallest absolute Gasteiger partial charge is 0.257 e. The third-order valence-electron chi connectivity index (χ3n) is 6.34. The Hall–Kier alpha value is -2.04. The number of anilines is 1. The summed E-state index contributed by atoms with van der Waals surface area (Å²) in [4.78, 5) is 24.8. The summed E-state index contributed by atoms with van der Waals surface area (Å²) < 4.78 is 0. The molecule has 2 amide bonds. The Bertz CT molecular complexity index is 633. The molecule has 0 radical (unpaired) electrons. The van der Waals surface area contributed by atoms with Gasteiger partial charge in [0.1, 0.15) is 0 Å². The van der Waals surface area contributed by atoms with Gasteiger partial charge in [-0.15, -0.1) is 0 Å². The number of nitrogens with one attached hydrogen (secondary N) is 3. The van der Waals surface area contributed by atoms with Gasteiger partial charge in [0.2, 0.25) is 5.91 Å². The average molecular weight is 341 g/mol. The van der Waals surface area contributed by atoms with Crippen LogP contribution >= 0.6 is 0 Å². The molecule has 0 aliphatic heterocycles. The maximum absolute atomic E-state index is 12.8. The lowest BCUT2D eigenvalue weighted by Gasteiger charge is -2.55. The first-order valence-corrected chi connectivity index (χ1v) is 9.42. The lowest BCUT2D eigenvalue weighted by atomic mass is 9.49. The van der Waals surface area contributed by atoms with Crippen molar-refractivity contribution in [1.29, 1.82) is 0 Å². The van der Waals surface area contributed by atoms with E-state index >= 15 is 0 Å². The van der Waals surface area contributed by atoms with Gasteiger partial charge in [-0.05, 0) is 75.3 Å². The van der Waals surface area contributed by atoms with Crippen LogP contribution in [0.5, 0.6) is 0 Å². The number of aryl methyl sites for hydroxylation is 1. The Morgan fingerprint density at radius 3 is 2.08 bits per heavy atom. The molecule has 0 saturated heterocycles. The van der Waals surface area contributed by atoms with Crippen LogP contribution in [0.1, 0.15) is 44.1 Å². The van der Waals surface area contributed by atoms with E-state index in [1.807, 2.05) is 31.2 Å². The predicted octanol–water partition coefficient (Wildman–Crippen LogP) is 2.77. The van der Waals surface area contributed by atoms with Crippen molar-refractivity contribution in [3.05, 3.63) is 29.8 Å². The molecule has 0 spiro atoms. The molecule has 25 heavy (non-hydrogen) atoms. The van der Waals surface area contributed by atoms with E-state index in [0.29, 0.717) is 0 Å². The van der Waals surface area contributed by atoms with E-state index in [-0.39, 0.29) is 23.8 Å². The van der Waals surface area contributed by atoms with Gasteiger partial charge in [0.05, 0.1) is 12.0 Å². The summed E-state index contributed by atoms with van der Waals surface area (Å²) in [5, 5.41) is 3.07. The summed E-state index contributed by atoms with van der Waals surface area (Å²) in [6.45, 7) is 2.17. The number of amides is 2. The van der Waals surface area contributed by atoms with Crippen LogP contribution in [0.15, 0.2) is 24.3 Å². The number of benzene rings is 1. The second-order valence-electron chi connectivity index (χ2n) is 8.42. The fraction of sp³-hybridized carbons (Fsp3) is 0.600. The van der Waals surface area contributed by atoms with E-state index in [4.69, 9.17) is 0 Å². The Morgan fingerprint density at radius 2 is 1.52 bits per heavy atom. The lowest BCUT2D eigenvalue weighted by Crippen LogP contribution is -2.57. The average Bonchev–Trinajstić information content (AvgIpc) is 2.58. The van der Waals surface area contributed by atoms with Gasteiger partial charge in [0, 0.05) is 5.69 Å². The minimum absolute atomic E-state index is 0.0234. The second kappa shape index (κ2) is 6.36. The first-order valence-electron chi connectivity index (χ1n) is 9.42. The highest BCUT2D eigenvalue weighted by atomic mass is 16.2. The first-order chi connectivity index (χ1) is 12.0. The van der Waals surface area contributed by atoms with Crippen molar-refractivity contribution in [2.75, 3.05) is 11.9 Å². The highest BCUT2D eigenvalue weighted by Gasteiger charge is 2.54. The van der Waals surface area contributed by atoms with Gasteiger partial charge in [0.15, 0.2) is 0 Å². The normalized spacial score (nSPS) is 32.3. The van der Waals surface area contributed by atoms with Crippen molar-refractivity contribution in [1.82, 2.24) is 10.9 Å². The maximum atomic E-state index is 12.8. The molecule has 4 aliphatic carbocycles. The number of carbonyl (C=O) groups excluding carboxylic acids is 2.